The number of hydrogen-bond donors (Lipinski definition) is 0. The second kappa shape index (κ2) is 2.23. The normalized spacial score (nSPS) is 31.0. The van der Waals surface area contributed by atoms with Crippen molar-refractivity contribution in [2.45, 2.75) is 25.2 Å². The summed E-state index contributed by atoms with van der Waals surface area (Å²) in [6.07, 6.45) is 2.44. The maximum atomic E-state index is 5.60. The molecule has 1 aromatic carbocycles. The molecule has 0 aromatic heterocycles. The van der Waals surface area contributed by atoms with E-state index in [-0.39, 0.29) is 6.29 Å². The Morgan fingerprint density at radius 1 is 1.17 bits per heavy atom. The lowest BCUT2D eigenvalue weighted by atomic mass is 10.1. The number of ether oxygens (including phenoxy) is 2. The Balaban J connectivity index is 2.13. The van der Waals surface area contributed by atoms with Crippen molar-refractivity contribution in [3.63, 3.8) is 0 Å². The van der Waals surface area contributed by atoms with Gasteiger partial charge in [0.15, 0.2) is 0 Å². The Kier molecular flexibility index (Phi) is 1.21. The van der Waals surface area contributed by atoms with Gasteiger partial charge in [-0.05, 0) is 12.5 Å². The van der Waals surface area contributed by atoms with Crippen LogP contribution in [-0.4, -0.2) is 6.29 Å². The van der Waals surface area contributed by atoms with Crippen molar-refractivity contribution in [2.75, 3.05) is 0 Å². The maximum Gasteiger partial charge on any atom is 0.200 e. The lowest BCUT2D eigenvalue weighted by Crippen LogP contribution is -2.20. The van der Waals surface area contributed by atoms with E-state index in [0.717, 1.165) is 18.6 Å². The minimum absolute atomic E-state index is 0.0184. The van der Waals surface area contributed by atoms with Crippen molar-refractivity contribution in [3.05, 3.63) is 29.8 Å². The van der Waals surface area contributed by atoms with E-state index < -0.39 is 0 Å². The zero-order chi connectivity index (χ0) is 7.97. The van der Waals surface area contributed by atoms with Crippen molar-refractivity contribution in [1.82, 2.24) is 0 Å². The molecule has 1 aromatic rings. The standard InChI is InChI=1S/C10H10O2/c1-2-4-8-7(3-1)9-5-6-10(11-8)12-9/h1-4,9-10H,5-6H2/t9-,10+/m0/s1. The molecule has 2 heteroatoms. The zero-order valence-corrected chi connectivity index (χ0v) is 6.69. The summed E-state index contributed by atoms with van der Waals surface area (Å²) in [4.78, 5) is 0. The molecule has 0 spiro atoms. The van der Waals surface area contributed by atoms with E-state index in [1.54, 1.807) is 0 Å². The Morgan fingerprint density at radius 2 is 2.08 bits per heavy atom. The minimum atomic E-state index is 0.0184. The predicted molar refractivity (Wildman–Crippen MR) is 43.9 cm³/mol. The number of benzene rings is 1. The van der Waals surface area contributed by atoms with E-state index in [1.165, 1.54) is 5.56 Å². The molecule has 0 radical (unpaired) electrons. The molecule has 2 aliphatic heterocycles. The molecule has 0 aliphatic carbocycles. The monoisotopic (exact) mass is 162 g/mol. The smallest absolute Gasteiger partial charge is 0.200 e. The van der Waals surface area contributed by atoms with Gasteiger partial charge in [0.1, 0.15) is 5.75 Å². The molecule has 2 heterocycles. The minimum Gasteiger partial charge on any atom is -0.465 e. The average Bonchev–Trinajstić information content (AvgIpc) is 2.49. The molecule has 1 fully saturated rings. The van der Waals surface area contributed by atoms with Crippen molar-refractivity contribution >= 4 is 0 Å². The van der Waals surface area contributed by atoms with Gasteiger partial charge < -0.3 is 9.47 Å². The van der Waals surface area contributed by atoms with Gasteiger partial charge in [-0.2, -0.15) is 0 Å². The van der Waals surface area contributed by atoms with Crippen molar-refractivity contribution in [3.8, 4) is 5.75 Å². The lowest BCUT2D eigenvalue weighted by molar-refractivity contribution is -0.0932. The summed E-state index contributed by atoms with van der Waals surface area (Å²) in [7, 11) is 0. The highest BCUT2D eigenvalue weighted by atomic mass is 16.7. The van der Waals surface area contributed by atoms with E-state index in [4.69, 9.17) is 9.47 Å². The summed E-state index contributed by atoms with van der Waals surface area (Å²) < 4.78 is 11.2. The van der Waals surface area contributed by atoms with Gasteiger partial charge in [-0.15, -0.1) is 0 Å². The third-order valence-electron chi connectivity index (χ3n) is 2.50. The lowest BCUT2D eigenvalue weighted by Gasteiger charge is -2.24. The summed E-state index contributed by atoms with van der Waals surface area (Å²) in [6, 6.07) is 8.14. The molecule has 2 atom stereocenters. The molecule has 0 saturated carbocycles. The van der Waals surface area contributed by atoms with Crippen molar-refractivity contribution in [1.29, 1.82) is 0 Å². The fraction of sp³-hybridized carbons (Fsp3) is 0.400. The van der Waals surface area contributed by atoms with Gasteiger partial charge in [0.05, 0.1) is 6.10 Å². The van der Waals surface area contributed by atoms with E-state index in [0.29, 0.717) is 6.10 Å². The SMILES string of the molecule is c1ccc2c(c1)O[C@H]1CC[C@@H]2O1. The third kappa shape index (κ3) is 0.786. The van der Waals surface area contributed by atoms with E-state index in [2.05, 4.69) is 6.07 Å². The van der Waals surface area contributed by atoms with Crippen LogP contribution in [0.3, 0.4) is 0 Å². The highest BCUT2D eigenvalue weighted by Gasteiger charge is 2.34. The molecular weight excluding hydrogens is 152 g/mol. The first-order chi connectivity index (χ1) is 5.93. The van der Waals surface area contributed by atoms with Gasteiger partial charge in [0.2, 0.25) is 6.29 Å². The molecule has 2 aliphatic rings. The van der Waals surface area contributed by atoms with Crippen LogP contribution in [0, 0.1) is 0 Å². The van der Waals surface area contributed by atoms with Crippen LogP contribution < -0.4 is 4.74 Å². The van der Waals surface area contributed by atoms with Gasteiger partial charge >= 0.3 is 0 Å². The largest absolute Gasteiger partial charge is 0.465 e. The van der Waals surface area contributed by atoms with Crippen LogP contribution in [0.5, 0.6) is 5.75 Å². The van der Waals surface area contributed by atoms with Crippen molar-refractivity contribution in [2.24, 2.45) is 0 Å². The molecule has 62 valence electrons. The van der Waals surface area contributed by atoms with E-state index >= 15 is 0 Å². The first kappa shape index (κ1) is 6.49. The summed E-state index contributed by atoms with van der Waals surface area (Å²) in [5, 5.41) is 0. The topological polar surface area (TPSA) is 18.5 Å². The molecule has 1 saturated heterocycles. The van der Waals surface area contributed by atoms with Gasteiger partial charge in [-0.1, -0.05) is 18.2 Å². The average molecular weight is 162 g/mol. The number of fused-ring (bicyclic) bond motifs is 4. The summed E-state index contributed by atoms with van der Waals surface area (Å²) in [5.41, 5.74) is 1.21. The predicted octanol–water partition coefficient (Wildman–Crippen LogP) is 2.26. The first-order valence-corrected chi connectivity index (χ1v) is 4.34. The molecule has 2 nitrogen and oxygen atoms in total. The van der Waals surface area contributed by atoms with Crippen LogP contribution in [0.2, 0.25) is 0 Å². The Labute approximate surface area is 71.1 Å². The van der Waals surface area contributed by atoms with Crippen LogP contribution in [0.15, 0.2) is 24.3 Å². The molecule has 0 unspecified atom stereocenters. The molecular formula is C10H10O2. The van der Waals surface area contributed by atoms with Gasteiger partial charge in [-0.3, -0.25) is 0 Å². The third-order valence-corrected chi connectivity index (χ3v) is 2.50. The fourth-order valence-electron chi connectivity index (χ4n) is 1.92. The molecule has 3 rings (SSSR count). The van der Waals surface area contributed by atoms with Crippen LogP contribution in [0.25, 0.3) is 0 Å². The second-order valence-corrected chi connectivity index (χ2v) is 3.29. The van der Waals surface area contributed by atoms with Gasteiger partial charge in [0, 0.05) is 12.0 Å². The summed E-state index contributed by atoms with van der Waals surface area (Å²) in [6.45, 7) is 0. The maximum absolute atomic E-state index is 5.60. The quantitative estimate of drug-likeness (QED) is 0.582. The number of para-hydroxylation sites is 1. The Morgan fingerprint density at radius 3 is 3.08 bits per heavy atom. The van der Waals surface area contributed by atoms with Crippen molar-refractivity contribution < 1.29 is 9.47 Å². The van der Waals surface area contributed by atoms with E-state index in [9.17, 15) is 0 Å². The van der Waals surface area contributed by atoms with Crippen LogP contribution in [0.1, 0.15) is 24.5 Å². The first-order valence-electron chi connectivity index (χ1n) is 4.34. The molecule has 0 amide bonds. The molecule has 12 heavy (non-hydrogen) atoms. The molecule has 0 N–H and O–H groups in total. The summed E-state index contributed by atoms with van der Waals surface area (Å²) >= 11 is 0. The molecule has 2 bridgehead atoms. The zero-order valence-electron chi connectivity index (χ0n) is 6.69. The summed E-state index contributed by atoms with van der Waals surface area (Å²) in [5.74, 6) is 1.01. The highest BCUT2D eigenvalue weighted by molar-refractivity contribution is 5.37. The highest BCUT2D eigenvalue weighted by Crippen LogP contribution is 2.42. The fourth-order valence-corrected chi connectivity index (χ4v) is 1.92. The van der Waals surface area contributed by atoms with Gasteiger partial charge in [0.25, 0.3) is 0 Å². The number of rotatable bonds is 0. The van der Waals surface area contributed by atoms with Crippen LogP contribution in [0.4, 0.5) is 0 Å². The van der Waals surface area contributed by atoms with E-state index in [1.807, 2.05) is 18.2 Å². The number of hydrogen-bond acceptors (Lipinski definition) is 2. The Hall–Kier alpha value is -1.02. The van der Waals surface area contributed by atoms with Gasteiger partial charge in [-0.25, -0.2) is 0 Å². The van der Waals surface area contributed by atoms with Crippen LogP contribution in [-0.2, 0) is 4.74 Å². The second-order valence-electron chi connectivity index (χ2n) is 3.29. The Bertz CT molecular complexity index is 308. The van der Waals surface area contributed by atoms with Crippen LogP contribution >= 0.6 is 0 Å².